The van der Waals surface area contributed by atoms with Crippen LogP contribution in [-0.4, -0.2) is 32.4 Å². The van der Waals surface area contributed by atoms with Crippen LogP contribution in [0, 0.1) is 5.41 Å². The van der Waals surface area contributed by atoms with Gasteiger partial charge in [-0.3, -0.25) is 0 Å². The second-order valence-corrected chi connectivity index (χ2v) is 5.32. The summed E-state index contributed by atoms with van der Waals surface area (Å²) in [7, 11) is 0. The Labute approximate surface area is 104 Å². The molecule has 1 unspecified atom stereocenters. The van der Waals surface area contributed by atoms with Crippen molar-refractivity contribution >= 4 is 11.5 Å². The van der Waals surface area contributed by atoms with Crippen molar-refractivity contribution in [3.8, 4) is 0 Å². The number of aromatic nitrogens is 4. The molecule has 18 heavy (non-hydrogen) atoms. The molecule has 98 valence electrons. The second-order valence-electron chi connectivity index (χ2n) is 5.32. The lowest BCUT2D eigenvalue weighted by atomic mass is 9.87. The molecule has 0 saturated carbocycles. The first-order valence-corrected chi connectivity index (χ1v) is 5.83. The molecule has 4 N–H and O–H groups in total. The average Bonchev–Trinajstić information content (AvgIpc) is 2.66. The maximum Gasteiger partial charge on any atom is 0.364 e. The van der Waals surface area contributed by atoms with Crippen LogP contribution in [0.4, 0.5) is 5.82 Å². The molecule has 0 fully saturated rings. The number of anilines is 1. The topological polar surface area (TPSA) is 101 Å². The van der Waals surface area contributed by atoms with Crippen LogP contribution < -0.4 is 16.7 Å². The molecule has 7 heteroatoms. The molecule has 0 amide bonds. The molecule has 2 aromatic heterocycles. The van der Waals surface area contributed by atoms with Crippen LogP contribution in [-0.2, 0) is 0 Å². The summed E-state index contributed by atoms with van der Waals surface area (Å²) in [5.74, 6) is 0.608. The number of nitrogens with one attached hydrogen (secondary N) is 2. The molecule has 0 bridgehead atoms. The van der Waals surface area contributed by atoms with Gasteiger partial charge in [-0.15, -0.1) is 5.10 Å². The zero-order valence-electron chi connectivity index (χ0n) is 10.8. The van der Waals surface area contributed by atoms with Crippen molar-refractivity contribution in [2.75, 3.05) is 11.9 Å². The minimum Gasteiger partial charge on any atom is -0.364 e. The summed E-state index contributed by atoms with van der Waals surface area (Å²) in [5, 5.41) is 13.6. The fourth-order valence-electron chi connectivity index (χ4n) is 1.69. The summed E-state index contributed by atoms with van der Waals surface area (Å²) in [6, 6.07) is 3.58. The first-order chi connectivity index (χ1) is 8.41. The number of fused-ring (bicyclic) bond motifs is 1. The number of hydrogen-bond acceptors (Lipinski definition) is 5. The maximum atomic E-state index is 11.4. The van der Waals surface area contributed by atoms with E-state index in [1.165, 1.54) is 4.52 Å². The van der Waals surface area contributed by atoms with Crippen molar-refractivity contribution in [1.82, 2.24) is 19.8 Å². The van der Waals surface area contributed by atoms with Crippen molar-refractivity contribution in [1.29, 1.82) is 0 Å². The fourth-order valence-corrected chi connectivity index (χ4v) is 1.69. The van der Waals surface area contributed by atoms with Crippen LogP contribution >= 0.6 is 0 Å². The normalized spacial score (nSPS) is 13.8. The number of hydrogen-bond donors (Lipinski definition) is 3. The Kier molecular flexibility index (Phi) is 3.08. The minimum absolute atomic E-state index is 0.00669. The van der Waals surface area contributed by atoms with E-state index in [4.69, 9.17) is 5.73 Å². The minimum atomic E-state index is -0.353. The van der Waals surface area contributed by atoms with Crippen LogP contribution in [0.1, 0.15) is 20.8 Å². The van der Waals surface area contributed by atoms with E-state index in [9.17, 15) is 4.79 Å². The molecule has 0 aliphatic heterocycles. The third kappa shape index (κ3) is 2.35. The largest absolute Gasteiger partial charge is 0.364 e. The average molecular weight is 250 g/mol. The van der Waals surface area contributed by atoms with E-state index in [1.54, 1.807) is 12.1 Å². The summed E-state index contributed by atoms with van der Waals surface area (Å²) in [6.07, 6.45) is 0. The highest BCUT2D eigenvalue weighted by molar-refractivity contribution is 5.43. The van der Waals surface area contributed by atoms with E-state index in [2.05, 4.69) is 41.4 Å². The van der Waals surface area contributed by atoms with Gasteiger partial charge >= 0.3 is 5.69 Å². The van der Waals surface area contributed by atoms with Crippen molar-refractivity contribution in [2.45, 2.75) is 26.8 Å². The highest BCUT2D eigenvalue weighted by atomic mass is 16.2. The molecule has 2 rings (SSSR count). The zero-order chi connectivity index (χ0) is 13.3. The van der Waals surface area contributed by atoms with Gasteiger partial charge in [0.25, 0.3) is 0 Å². The van der Waals surface area contributed by atoms with Crippen LogP contribution in [0.25, 0.3) is 5.65 Å². The molecular formula is C11H18N6O. The summed E-state index contributed by atoms with van der Waals surface area (Å²) in [4.78, 5) is 11.4. The Morgan fingerprint density at radius 2 is 2.22 bits per heavy atom. The van der Waals surface area contributed by atoms with Gasteiger partial charge in [0.15, 0.2) is 5.65 Å². The van der Waals surface area contributed by atoms with Crippen molar-refractivity contribution < 1.29 is 0 Å². The zero-order valence-corrected chi connectivity index (χ0v) is 10.8. The number of aromatic amines is 1. The fraction of sp³-hybridized carbons (Fsp3) is 0.545. The Morgan fingerprint density at radius 1 is 1.50 bits per heavy atom. The van der Waals surface area contributed by atoms with E-state index in [0.717, 1.165) is 0 Å². The van der Waals surface area contributed by atoms with Crippen molar-refractivity contribution in [2.24, 2.45) is 11.1 Å². The Balaban J connectivity index is 2.31. The maximum absolute atomic E-state index is 11.4. The van der Waals surface area contributed by atoms with Crippen LogP contribution in [0.15, 0.2) is 16.9 Å². The SMILES string of the molecule is CC(C)(C)C(CN)Nc1ccc2n[nH]c(=O)n2n1. The summed E-state index contributed by atoms with van der Waals surface area (Å²) in [5.41, 5.74) is 5.90. The second kappa shape index (κ2) is 4.41. The lowest BCUT2D eigenvalue weighted by Gasteiger charge is -2.30. The van der Waals surface area contributed by atoms with Crippen molar-refractivity contribution in [3.05, 3.63) is 22.6 Å². The number of H-pyrrole nitrogens is 1. The van der Waals surface area contributed by atoms with Gasteiger partial charge in [0.1, 0.15) is 5.82 Å². The Hall–Kier alpha value is -1.89. The molecule has 0 spiro atoms. The molecule has 0 aliphatic rings. The molecule has 0 aliphatic carbocycles. The molecule has 0 saturated heterocycles. The van der Waals surface area contributed by atoms with Crippen LogP contribution in [0.3, 0.4) is 0 Å². The lowest BCUT2D eigenvalue weighted by Crippen LogP contribution is -2.40. The third-order valence-corrected chi connectivity index (χ3v) is 2.88. The molecule has 7 nitrogen and oxygen atoms in total. The highest BCUT2D eigenvalue weighted by Gasteiger charge is 2.23. The van der Waals surface area contributed by atoms with E-state index in [0.29, 0.717) is 18.0 Å². The molecular weight excluding hydrogens is 232 g/mol. The van der Waals surface area contributed by atoms with Gasteiger partial charge < -0.3 is 11.1 Å². The predicted octanol–water partition coefficient (Wildman–Crippen LogP) is 0.203. The first kappa shape index (κ1) is 12.6. The molecule has 2 heterocycles. The van der Waals surface area contributed by atoms with Gasteiger partial charge in [-0.05, 0) is 17.5 Å². The smallest absolute Gasteiger partial charge is 0.364 e. The number of nitrogens with two attached hydrogens (primary N) is 1. The summed E-state index contributed by atoms with van der Waals surface area (Å²) < 4.78 is 1.22. The quantitative estimate of drug-likeness (QED) is 0.722. The first-order valence-electron chi connectivity index (χ1n) is 5.83. The van der Waals surface area contributed by atoms with Gasteiger partial charge in [0, 0.05) is 12.6 Å². The van der Waals surface area contributed by atoms with Gasteiger partial charge in [-0.1, -0.05) is 20.8 Å². The predicted molar refractivity (Wildman–Crippen MR) is 69.5 cm³/mol. The van der Waals surface area contributed by atoms with E-state index in [-0.39, 0.29) is 17.1 Å². The van der Waals surface area contributed by atoms with E-state index in [1.807, 2.05) is 0 Å². The van der Waals surface area contributed by atoms with Crippen LogP contribution in [0.5, 0.6) is 0 Å². The van der Waals surface area contributed by atoms with Gasteiger partial charge in [0.05, 0.1) is 0 Å². The van der Waals surface area contributed by atoms with Crippen LogP contribution in [0.2, 0.25) is 0 Å². The molecule has 0 radical (unpaired) electrons. The molecule has 0 aromatic carbocycles. The van der Waals surface area contributed by atoms with Gasteiger partial charge in [-0.2, -0.15) is 9.61 Å². The van der Waals surface area contributed by atoms with Gasteiger partial charge in [-0.25, -0.2) is 9.89 Å². The standard InChI is InChI=1S/C11H18N6O/c1-11(2,3)7(6-12)13-8-4-5-9-14-15-10(18)17(9)16-8/h4-5,7H,6,12H2,1-3H3,(H,13,16)(H,15,18). The monoisotopic (exact) mass is 250 g/mol. The van der Waals surface area contributed by atoms with Gasteiger partial charge in [0.2, 0.25) is 0 Å². The summed E-state index contributed by atoms with van der Waals surface area (Å²) in [6.45, 7) is 6.78. The Bertz CT molecular complexity index is 593. The molecule has 1 atom stereocenters. The number of rotatable bonds is 3. The Morgan fingerprint density at radius 3 is 2.83 bits per heavy atom. The third-order valence-electron chi connectivity index (χ3n) is 2.88. The highest BCUT2D eigenvalue weighted by Crippen LogP contribution is 2.21. The van der Waals surface area contributed by atoms with E-state index >= 15 is 0 Å². The number of nitrogens with zero attached hydrogens (tertiary/aromatic N) is 3. The van der Waals surface area contributed by atoms with E-state index < -0.39 is 0 Å². The van der Waals surface area contributed by atoms with Crippen molar-refractivity contribution in [3.63, 3.8) is 0 Å². The lowest BCUT2D eigenvalue weighted by molar-refractivity contribution is 0.345. The summed E-state index contributed by atoms with van der Waals surface area (Å²) >= 11 is 0. The molecule has 2 aromatic rings.